The van der Waals surface area contributed by atoms with Crippen molar-refractivity contribution in [2.24, 2.45) is 0 Å². The molecule has 0 aliphatic carbocycles. The molecule has 3 rings (SSSR count). The Kier molecular flexibility index (Phi) is 4.01. The number of aryl methyl sites for hydroxylation is 1. The molecule has 2 aromatic rings. The van der Waals surface area contributed by atoms with Crippen molar-refractivity contribution in [1.29, 1.82) is 0 Å². The molecule has 1 atom stereocenters. The third kappa shape index (κ3) is 3.33. The van der Waals surface area contributed by atoms with Crippen LogP contribution >= 0.6 is 0 Å². The number of carbonyl (C=O) groups is 2. The number of fused-ring (bicyclic) bond motifs is 1. The van der Waals surface area contributed by atoms with Crippen molar-refractivity contribution in [3.05, 3.63) is 53.4 Å². The number of nitrogens with one attached hydrogen (secondary N) is 2. The standard InChI is InChI=1S/C16H15FN4O2/c1-9-6-19-11(7-18-9)8-20-16(23)13-5-15(22)21-14-4-10(17)2-3-12(13)14/h2-4,6-7,13H,5,8H2,1H3,(H,20,23)(H,21,22). The van der Waals surface area contributed by atoms with Crippen LogP contribution in [0.25, 0.3) is 0 Å². The number of amides is 2. The minimum Gasteiger partial charge on any atom is -0.350 e. The molecule has 0 saturated carbocycles. The summed E-state index contributed by atoms with van der Waals surface area (Å²) in [5.74, 6) is -1.70. The summed E-state index contributed by atoms with van der Waals surface area (Å²) in [7, 11) is 0. The van der Waals surface area contributed by atoms with Crippen LogP contribution < -0.4 is 10.6 Å². The van der Waals surface area contributed by atoms with Crippen molar-refractivity contribution < 1.29 is 14.0 Å². The molecule has 7 heteroatoms. The monoisotopic (exact) mass is 314 g/mol. The van der Waals surface area contributed by atoms with Crippen LogP contribution in [0, 0.1) is 12.7 Å². The molecule has 118 valence electrons. The van der Waals surface area contributed by atoms with Gasteiger partial charge in [-0.2, -0.15) is 0 Å². The molecule has 2 heterocycles. The Morgan fingerprint density at radius 1 is 1.39 bits per heavy atom. The van der Waals surface area contributed by atoms with E-state index in [9.17, 15) is 14.0 Å². The summed E-state index contributed by atoms with van der Waals surface area (Å²) in [4.78, 5) is 32.4. The molecular formula is C16H15FN4O2. The van der Waals surface area contributed by atoms with Crippen molar-refractivity contribution in [3.8, 4) is 0 Å². The van der Waals surface area contributed by atoms with Crippen LogP contribution in [-0.2, 0) is 16.1 Å². The van der Waals surface area contributed by atoms with Gasteiger partial charge in [0, 0.05) is 18.3 Å². The van der Waals surface area contributed by atoms with Gasteiger partial charge in [-0.05, 0) is 24.6 Å². The number of hydrogen-bond donors (Lipinski definition) is 2. The molecule has 0 fully saturated rings. The van der Waals surface area contributed by atoms with Gasteiger partial charge in [-0.25, -0.2) is 4.39 Å². The fourth-order valence-electron chi connectivity index (χ4n) is 2.48. The van der Waals surface area contributed by atoms with E-state index in [1.54, 1.807) is 12.4 Å². The van der Waals surface area contributed by atoms with Gasteiger partial charge in [-0.3, -0.25) is 19.6 Å². The minimum atomic E-state index is -0.641. The lowest BCUT2D eigenvalue weighted by Crippen LogP contribution is -2.35. The molecule has 2 amide bonds. The van der Waals surface area contributed by atoms with Crippen LogP contribution in [0.15, 0.2) is 30.6 Å². The van der Waals surface area contributed by atoms with Crippen LogP contribution in [0.3, 0.4) is 0 Å². The average molecular weight is 314 g/mol. The fraction of sp³-hybridized carbons (Fsp3) is 0.250. The van der Waals surface area contributed by atoms with E-state index in [1.165, 1.54) is 18.2 Å². The van der Waals surface area contributed by atoms with E-state index in [-0.39, 0.29) is 24.8 Å². The third-order valence-electron chi connectivity index (χ3n) is 3.65. The Balaban J connectivity index is 1.74. The van der Waals surface area contributed by atoms with Crippen molar-refractivity contribution >= 4 is 17.5 Å². The largest absolute Gasteiger partial charge is 0.350 e. The van der Waals surface area contributed by atoms with Crippen LogP contribution in [0.5, 0.6) is 0 Å². The SMILES string of the molecule is Cc1cnc(CNC(=O)C2CC(=O)Nc3cc(F)ccc32)cn1. The summed E-state index contributed by atoms with van der Waals surface area (Å²) in [6.07, 6.45) is 3.24. The highest BCUT2D eigenvalue weighted by molar-refractivity contribution is 6.01. The zero-order chi connectivity index (χ0) is 16.4. The van der Waals surface area contributed by atoms with E-state index in [4.69, 9.17) is 0 Å². The van der Waals surface area contributed by atoms with Gasteiger partial charge >= 0.3 is 0 Å². The van der Waals surface area contributed by atoms with Gasteiger partial charge in [-0.1, -0.05) is 6.07 Å². The second kappa shape index (κ2) is 6.12. The van der Waals surface area contributed by atoms with Gasteiger partial charge in [0.1, 0.15) is 5.82 Å². The molecule has 0 saturated heterocycles. The highest BCUT2D eigenvalue weighted by Crippen LogP contribution is 2.32. The Morgan fingerprint density at radius 3 is 2.96 bits per heavy atom. The van der Waals surface area contributed by atoms with Gasteiger partial charge in [0.2, 0.25) is 11.8 Å². The maximum Gasteiger partial charge on any atom is 0.228 e. The second-order valence-electron chi connectivity index (χ2n) is 5.40. The van der Waals surface area contributed by atoms with Gasteiger partial charge in [0.05, 0.1) is 30.0 Å². The molecule has 1 unspecified atom stereocenters. The molecule has 0 spiro atoms. The Morgan fingerprint density at radius 2 is 2.22 bits per heavy atom. The van der Waals surface area contributed by atoms with E-state index in [1.807, 2.05) is 6.92 Å². The highest BCUT2D eigenvalue weighted by atomic mass is 19.1. The Hall–Kier alpha value is -2.83. The van der Waals surface area contributed by atoms with E-state index in [2.05, 4.69) is 20.6 Å². The number of aromatic nitrogens is 2. The molecule has 23 heavy (non-hydrogen) atoms. The first-order valence-electron chi connectivity index (χ1n) is 7.17. The zero-order valence-corrected chi connectivity index (χ0v) is 12.5. The number of benzene rings is 1. The molecule has 1 aliphatic rings. The summed E-state index contributed by atoms with van der Waals surface area (Å²) in [6.45, 7) is 2.05. The number of hydrogen-bond acceptors (Lipinski definition) is 4. The predicted molar refractivity (Wildman–Crippen MR) is 81.0 cm³/mol. The van der Waals surface area contributed by atoms with Crippen LogP contribution in [0.4, 0.5) is 10.1 Å². The summed E-state index contributed by atoms with van der Waals surface area (Å²) in [6, 6.07) is 4.03. The van der Waals surface area contributed by atoms with Crippen molar-refractivity contribution in [1.82, 2.24) is 15.3 Å². The molecule has 6 nitrogen and oxygen atoms in total. The van der Waals surface area contributed by atoms with E-state index in [0.717, 1.165) is 5.69 Å². The van der Waals surface area contributed by atoms with Gasteiger partial charge in [0.25, 0.3) is 0 Å². The molecule has 0 radical (unpaired) electrons. The lowest BCUT2D eigenvalue weighted by atomic mass is 9.89. The van der Waals surface area contributed by atoms with Gasteiger partial charge in [0.15, 0.2) is 0 Å². The average Bonchev–Trinajstić information content (AvgIpc) is 2.52. The lowest BCUT2D eigenvalue weighted by Gasteiger charge is -2.24. The van der Waals surface area contributed by atoms with Crippen molar-refractivity contribution in [3.63, 3.8) is 0 Å². The highest BCUT2D eigenvalue weighted by Gasteiger charge is 2.30. The smallest absolute Gasteiger partial charge is 0.228 e. The first-order chi connectivity index (χ1) is 11.0. The zero-order valence-electron chi connectivity index (χ0n) is 12.5. The topological polar surface area (TPSA) is 84.0 Å². The minimum absolute atomic E-state index is 0.0318. The predicted octanol–water partition coefficient (Wildman–Crippen LogP) is 1.67. The first kappa shape index (κ1) is 15.1. The van der Waals surface area contributed by atoms with E-state index >= 15 is 0 Å². The van der Waals surface area contributed by atoms with Gasteiger partial charge in [-0.15, -0.1) is 0 Å². The number of nitrogens with zero attached hydrogens (tertiary/aromatic N) is 2. The van der Waals surface area contributed by atoms with Crippen LogP contribution in [-0.4, -0.2) is 21.8 Å². The lowest BCUT2D eigenvalue weighted by molar-refractivity contribution is -0.126. The van der Waals surface area contributed by atoms with E-state index < -0.39 is 11.7 Å². The molecule has 1 aliphatic heterocycles. The van der Waals surface area contributed by atoms with Crippen LogP contribution in [0.2, 0.25) is 0 Å². The maximum atomic E-state index is 13.3. The van der Waals surface area contributed by atoms with Crippen molar-refractivity contribution in [2.75, 3.05) is 5.32 Å². The second-order valence-corrected chi connectivity index (χ2v) is 5.40. The number of carbonyl (C=O) groups excluding carboxylic acids is 2. The third-order valence-corrected chi connectivity index (χ3v) is 3.65. The number of halogens is 1. The van der Waals surface area contributed by atoms with E-state index in [0.29, 0.717) is 16.9 Å². The molecule has 2 N–H and O–H groups in total. The molecular weight excluding hydrogens is 299 g/mol. The Labute approximate surface area is 132 Å². The molecule has 1 aromatic heterocycles. The fourth-order valence-corrected chi connectivity index (χ4v) is 2.48. The first-order valence-corrected chi connectivity index (χ1v) is 7.17. The molecule has 0 bridgehead atoms. The van der Waals surface area contributed by atoms with Crippen molar-refractivity contribution in [2.45, 2.75) is 25.8 Å². The summed E-state index contributed by atoms with van der Waals surface area (Å²) >= 11 is 0. The van der Waals surface area contributed by atoms with Crippen LogP contribution in [0.1, 0.15) is 29.3 Å². The maximum absolute atomic E-state index is 13.3. The number of anilines is 1. The normalized spacial score (nSPS) is 16.4. The van der Waals surface area contributed by atoms with Gasteiger partial charge < -0.3 is 10.6 Å². The molecule has 1 aromatic carbocycles. The summed E-state index contributed by atoms with van der Waals surface area (Å²) in [5, 5.41) is 5.33. The summed E-state index contributed by atoms with van der Waals surface area (Å²) < 4.78 is 13.3. The Bertz CT molecular complexity index is 761. The quantitative estimate of drug-likeness (QED) is 0.902. The number of rotatable bonds is 3. The summed E-state index contributed by atoms with van der Waals surface area (Å²) in [5.41, 5.74) is 2.37.